The molecule has 2 atom stereocenters. The van der Waals surface area contributed by atoms with Gasteiger partial charge >= 0.3 is 0 Å². The SMILES string of the molecule is Cc1ccc2nc(C(=O)NCC(C)(C)C)nc(N[C@H]3CCCC[C@H]3N=C(N)Cc3ccco3)c2c1.Cl.Cl. The van der Waals surface area contributed by atoms with Crippen LogP contribution < -0.4 is 16.4 Å². The molecule has 10 heteroatoms. The summed E-state index contributed by atoms with van der Waals surface area (Å²) in [5, 5.41) is 7.48. The minimum Gasteiger partial charge on any atom is -0.469 e. The Morgan fingerprint density at radius 1 is 1.16 bits per heavy atom. The van der Waals surface area contributed by atoms with E-state index >= 15 is 0 Å². The summed E-state index contributed by atoms with van der Waals surface area (Å²) in [6, 6.07) is 9.83. The van der Waals surface area contributed by atoms with E-state index in [1.165, 1.54) is 0 Å². The van der Waals surface area contributed by atoms with Crippen molar-refractivity contribution in [2.24, 2.45) is 16.1 Å². The number of nitrogens with zero attached hydrogens (tertiary/aromatic N) is 3. The standard InChI is InChI=1S/C27H36N6O2.2ClH/c1-17-11-12-20-19(14-17)24(33-25(31-20)26(34)29-16-27(2,3)4)32-22-10-6-5-9-21(22)30-23(28)15-18-8-7-13-35-18;;/h7-8,11-14,21-22H,5-6,9-10,15-16H2,1-4H3,(H2,28,30)(H,29,34)(H,31,32,33);2*1H/t21-,22+;;/m1../s1. The number of benzene rings is 1. The molecule has 1 aliphatic carbocycles. The average molecular weight is 550 g/mol. The Bertz CT molecular complexity index is 1210. The van der Waals surface area contributed by atoms with Crippen LogP contribution in [0, 0.1) is 12.3 Å². The summed E-state index contributed by atoms with van der Waals surface area (Å²) < 4.78 is 5.42. The monoisotopic (exact) mass is 548 g/mol. The fourth-order valence-corrected chi connectivity index (χ4v) is 4.34. The van der Waals surface area contributed by atoms with Crippen LogP contribution in [0.25, 0.3) is 10.9 Å². The third-order valence-corrected chi connectivity index (χ3v) is 6.15. The molecule has 37 heavy (non-hydrogen) atoms. The summed E-state index contributed by atoms with van der Waals surface area (Å²) in [5.74, 6) is 1.92. The predicted octanol–water partition coefficient (Wildman–Crippen LogP) is 5.47. The maximum atomic E-state index is 12.9. The normalized spacial score (nSPS) is 18.0. The smallest absolute Gasteiger partial charge is 0.289 e. The number of hydrogen-bond acceptors (Lipinski definition) is 6. The first-order valence-corrected chi connectivity index (χ1v) is 12.4. The van der Waals surface area contributed by atoms with Gasteiger partial charge in [-0.15, -0.1) is 24.8 Å². The van der Waals surface area contributed by atoms with Gasteiger partial charge in [0.15, 0.2) is 0 Å². The van der Waals surface area contributed by atoms with Gasteiger partial charge in [0.05, 0.1) is 24.2 Å². The van der Waals surface area contributed by atoms with Gasteiger partial charge in [0.1, 0.15) is 17.4 Å². The lowest BCUT2D eigenvalue weighted by atomic mass is 9.90. The second-order valence-corrected chi connectivity index (χ2v) is 10.6. The number of rotatable bonds is 7. The number of fused-ring (bicyclic) bond motifs is 1. The Labute approximate surface area is 231 Å². The van der Waals surface area contributed by atoms with Crippen molar-refractivity contribution in [3.8, 4) is 0 Å². The first-order chi connectivity index (χ1) is 16.7. The molecule has 202 valence electrons. The van der Waals surface area contributed by atoms with Crippen molar-refractivity contribution >= 4 is 53.3 Å². The highest BCUT2D eigenvalue weighted by Gasteiger charge is 2.27. The number of aliphatic imine (C=N–C) groups is 1. The molecule has 8 nitrogen and oxygen atoms in total. The number of furan rings is 1. The van der Waals surface area contributed by atoms with Gasteiger partial charge in [0.2, 0.25) is 5.82 Å². The van der Waals surface area contributed by atoms with E-state index in [0.717, 1.165) is 47.9 Å². The third-order valence-electron chi connectivity index (χ3n) is 6.15. The van der Waals surface area contributed by atoms with Crippen LogP contribution in [0.1, 0.15) is 68.4 Å². The van der Waals surface area contributed by atoms with Crippen LogP contribution in [-0.4, -0.2) is 40.3 Å². The Balaban J connectivity index is 0.00000241. The molecule has 1 amide bonds. The van der Waals surface area contributed by atoms with E-state index in [1.54, 1.807) is 6.26 Å². The number of amidine groups is 1. The lowest BCUT2D eigenvalue weighted by Crippen LogP contribution is -2.38. The molecule has 2 aromatic heterocycles. The Morgan fingerprint density at radius 3 is 2.62 bits per heavy atom. The van der Waals surface area contributed by atoms with Crippen molar-refractivity contribution in [2.75, 3.05) is 11.9 Å². The number of nitrogens with one attached hydrogen (secondary N) is 2. The van der Waals surface area contributed by atoms with E-state index in [2.05, 4.69) is 47.4 Å². The van der Waals surface area contributed by atoms with Crippen LogP contribution in [-0.2, 0) is 6.42 Å². The second-order valence-electron chi connectivity index (χ2n) is 10.6. The van der Waals surface area contributed by atoms with E-state index in [4.69, 9.17) is 15.1 Å². The summed E-state index contributed by atoms with van der Waals surface area (Å²) in [4.78, 5) is 27.0. The highest BCUT2D eigenvalue weighted by atomic mass is 35.5. The minimum absolute atomic E-state index is 0. The molecule has 4 N–H and O–H groups in total. The van der Waals surface area contributed by atoms with Gasteiger partial charge in [-0.25, -0.2) is 9.97 Å². The maximum Gasteiger partial charge on any atom is 0.289 e. The van der Waals surface area contributed by atoms with E-state index in [1.807, 2.05) is 31.2 Å². The zero-order valence-corrected chi connectivity index (χ0v) is 23.5. The minimum atomic E-state index is -0.272. The van der Waals surface area contributed by atoms with Crippen molar-refractivity contribution in [1.29, 1.82) is 0 Å². The highest BCUT2D eigenvalue weighted by Crippen LogP contribution is 2.28. The lowest BCUT2D eigenvalue weighted by molar-refractivity contribution is 0.0929. The first kappa shape index (κ1) is 30.4. The van der Waals surface area contributed by atoms with Crippen LogP contribution in [0.3, 0.4) is 0 Å². The van der Waals surface area contributed by atoms with Gasteiger partial charge < -0.3 is 20.8 Å². The number of amides is 1. The zero-order valence-electron chi connectivity index (χ0n) is 21.9. The van der Waals surface area contributed by atoms with Gasteiger partial charge in [-0.2, -0.15) is 0 Å². The molecule has 0 bridgehead atoms. The molecular formula is C27H38Cl2N6O2. The number of nitrogens with two attached hydrogens (primary N) is 1. The molecule has 1 aromatic carbocycles. The Kier molecular flexibility index (Phi) is 10.8. The topological polar surface area (TPSA) is 118 Å². The molecule has 0 aliphatic heterocycles. The molecule has 4 rings (SSSR count). The summed E-state index contributed by atoms with van der Waals surface area (Å²) in [6.07, 6.45) is 6.23. The first-order valence-electron chi connectivity index (χ1n) is 12.4. The van der Waals surface area contributed by atoms with Crippen molar-refractivity contribution in [3.05, 3.63) is 53.7 Å². The number of carbonyl (C=O) groups excluding carboxylic acids is 1. The predicted molar refractivity (Wildman–Crippen MR) is 154 cm³/mol. The molecule has 1 aliphatic rings. The van der Waals surface area contributed by atoms with Crippen LogP contribution in [0.5, 0.6) is 0 Å². The molecular weight excluding hydrogens is 511 g/mol. The van der Waals surface area contributed by atoms with E-state index < -0.39 is 0 Å². The van der Waals surface area contributed by atoms with Crippen LogP contribution in [0.15, 0.2) is 46.0 Å². The van der Waals surface area contributed by atoms with Crippen LogP contribution in [0.4, 0.5) is 5.82 Å². The quantitative estimate of drug-likeness (QED) is 0.266. The fourth-order valence-electron chi connectivity index (χ4n) is 4.34. The number of anilines is 1. The summed E-state index contributed by atoms with van der Waals surface area (Å²) in [5.41, 5.74) is 8.09. The highest BCUT2D eigenvalue weighted by molar-refractivity contribution is 5.96. The van der Waals surface area contributed by atoms with Gasteiger partial charge in [-0.05, 0) is 49.4 Å². The number of halogens is 2. The van der Waals surface area contributed by atoms with Crippen molar-refractivity contribution < 1.29 is 9.21 Å². The van der Waals surface area contributed by atoms with Crippen LogP contribution in [0.2, 0.25) is 0 Å². The fraction of sp³-hybridized carbons (Fsp3) is 0.481. The molecule has 1 fully saturated rings. The lowest BCUT2D eigenvalue weighted by Gasteiger charge is -2.30. The Hall–Kier alpha value is -2.84. The van der Waals surface area contributed by atoms with Crippen molar-refractivity contribution in [2.45, 2.75) is 71.9 Å². The summed E-state index contributed by atoms with van der Waals surface area (Å²) in [7, 11) is 0. The molecule has 1 saturated carbocycles. The number of hydrogen-bond donors (Lipinski definition) is 3. The van der Waals surface area contributed by atoms with Crippen molar-refractivity contribution in [1.82, 2.24) is 15.3 Å². The molecule has 0 saturated heterocycles. The van der Waals surface area contributed by atoms with E-state index in [9.17, 15) is 4.79 Å². The number of aryl methyl sites for hydroxylation is 1. The van der Waals surface area contributed by atoms with Gasteiger partial charge in [0, 0.05) is 18.0 Å². The summed E-state index contributed by atoms with van der Waals surface area (Å²) >= 11 is 0. The second kappa shape index (κ2) is 13.1. The average Bonchev–Trinajstić information content (AvgIpc) is 3.31. The van der Waals surface area contributed by atoms with E-state index in [-0.39, 0.29) is 54.0 Å². The maximum absolute atomic E-state index is 12.9. The Morgan fingerprint density at radius 2 is 1.92 bits per heavy atom. The van der Waals surface area contributed by atoms with Gasteiger partial charge in [-0.1, -0.05) is 45.2 Å². The van der Waals surface area contributed by atoms with Crippen LogP contribution >= 0.6 is 24.8 Å². The van der Waals surface area contributed by atoms with E-state index in [0.29, 0.717) is 24.6 Å². The molecule has 3 aromatic rings. The number of aromatic nitrogens is 2. The van der Waals surface area contributed by atoms with Crippen molar-refractivity contribution in [3.63, 3.8) is 0 Å². The largest absolute Gasteiger partial charge is 0.469 e. The zero-order chi connectivity index (χ0) is 25.0. The molecule has 2 heterocycles. The third kappa shape index (κ3) is 8.33. The molecule has 0 unspecified atom stereocenters. The van der Waals surface area contributed by atoms with Gasteiger partial charge in [-0.3, -0.25) is 9.79 Å². The molecule has 0 spiro atoms. The summed E-state index contributed by atoms with van der Waals surface area (Å²) in [6.45, 7) is 8.80. The van der Waals surface area contributed by atoms with Gasteiger partial charge in [0.25, 0.3) is 5.91 Å². The number of carbonyl (C=O) groups is 1. The molecule has 0 radical (unpaired) electrons.